The molecule has 0 saturated carbocycles. The fourth-order valence-electron chi connectivity index (χ4n) is 4.50. The lowest BCUT2D eigenvalue weighted by Gasteiger charge is -2.25. The van der Waals surface area contributed by atoms with Crippen LogP contribution in [0.4, 0.5) is 0 Å². The van der Waals surface area contributed by atoms with Gasteiger partial charge in [-0.2, -0.15) is 5.10 Å². The molecule has 2 aromatic carbocycles. The second-order valence-electron chi connectivity index (χ2n) is 8.61. The summed E-state index contributed by atoms with van der Waals surface area (Å²) < 4.78 is 5.86. The predicted octanol–water partition coefficient (Wildman–Crippen LogP) is 5.70. The summed E-state index contributed by atoms with van der Waals surface area (Å²) in [5, 5.41) is 18.2. The topological polar surface area (TPSA) is 78.5 Å². The van der Waals surface area contributed by atoms with Crippen molar-refractivity contribution >= 4 is 5.91 Å². The second kappa shape index (κ2) is 9.53. The number of carbonyl (C=O) groups is 1. The number of ether oxygens (including phenoxy) is 1. The number of aryl methyl sites for hydroxylation is 2. The average molecular weight is 446 g/mol. The van der Waals surface area contributed by atoms with Crippen molar-refractivity contribution in [3.63, 3.8) is 0 Å². The van der Waals surface area contributed by atoms with Gasteiger partial charge in [-0.3, -0.25) is 9.89 Å². The number of hydrogen-bond acceptors (Lipinski definition) is 4. The molecule has 0 saturated heterocycles. The van der Waals surface area contributed by atoms with Crippen molar-refractivity contribution < 1.29 is 14.6 Å². The molecule has 2 N–H and O–H groups in total. The Labute approximate surface area is 194 Å². The van der Waals surface area contributed by atoms with E-state index in [9.17, 15) is 9.90 Å². The van der Waals surface area contributed by atoms with E-state index in [1.54, 1.807) is 11.0 Å². The van der Waals surface area contributed by atoms with Crippen LogP contribution in [0, 0.1) is 13.8 Å². The SMILES string of the molecule is C=CCN1C(=O)c2[nH]nc(-c3cc(C)cc(C)c3O)c2C1c1ccc(OCCCCC)cc1. The first-order valence-corrected chi connectivity index (χ1v) is 11.5. The van der Waals surface area contributed by atoms with Crippen molar-refractivity contribution in [1.29, 1.82) is 0 Å². The number of phenolic OH excluding ortho intramolecular Hbond substituents is 1. The van der Waals surface area contributed by atoms with E-state index in [4.69, 9.17) is 4.74 Å². The van der Waals surface area contributed by atoms with E-state index in [-0.39, 0.29) is 17.7 Å². The van der Waals surface area contributed by atoms with Crippen LogP contribution < -0.4 is 4.74 Å². The Morgan fingerprint density at radius 3 is 2.67 bits per heavy atom. The van der Waals surface area contributed by atoms with Crippen molar-refractivity contribution in [1.82, 2.24) is 15.1 Å². The molecule has 33 heavy (non-hydrogen) atoms. The number of rotatable bonds is 9. The van der Waals surface area contributed by atoms with Crippen molar-refractivity contribution in [3.05, 3.63) is 77.0 Å². The molecule has 0 radical (unpaired) electrons. The lowest BCUT2D eigenvalue weighted by Crippen LogP contribution is -2.29. The van der Waals surface area contributed by atoms with Crippen LogP contribution in [0.15, 0.2) is 49.1 Å². The Hall–Kier alpha value is -3.54. The van der Waals surface area contributed by atoms with Crippen LogP contribution in [-0.2, 0) is 0 Å². The third kappa shape index (κ3) is 4.25. The molecule has 2 heterocycles. The summed E-state index contributed by atoms with van der Waals surface area (Å²) in [6.07, 6.45) is 5.06. The molecule has 1 aliphatic rings. The zero-order valence-electron chi connectivity index (χ0n) is 19.5. The molecule has 4 rings (SSSR count). The number of benzene rings is 2. The van der Waals surface area contributed by atoms with E-state index < -0.39 is 0 Å². The molecule has 1 atom stereocenters. The van der Waals surface area contributed by atoms with Crippen molar-refractivity contribution in [2.75, 3.05) is 13.2 Å². The summed E-state index contributed by atoms with van der Waals surface area (Å²) >= 11 is 0. The summed E-state index contributed by atoms with van der Waals surface area (Å²) in [5.41, 5.74) is 5.20. The molecule has 3 aromatic rings. The second-order valence-corrected chi connectivity index (χ2v) is 8.61. The Morgan fingerprint density at radius 2 is 1.97 bits per heavy atom. The van der Waals surface area contributed by atoms with Gasteiger partial charge in [0.15, 0.2) is 0 Å². The normalized spacial score (nSPS) is 15.1. The van der Waals surface area contributed by atoms with Gasteiger partial charge in [-0.15, -0.1) is 6.58 Å². The number of carbonyl (C=O) groups excluding carboxylic acids is 1. The summed E-state index contributed by atoms with van der Waals surface area (Å²) in [7, 11) is 0. The van der Waals surface area contributed by atoms with Crippen molar-refractivity contribution in [2.24, 2.45) is 0 Å². The largest absolute Gasteiger partial charge is 0.507 e. The van der Waals surface area contributed by atoms with E-state index >= 15 is 0 Å². The van der Waals surface area contributed by atoms with Crippen LogP contribution in [0.5, 0.6) is 11.5 Å². The predicted molar refractivity (Wildman–Crippen MR) is 130 cm³/mol. The first kappa shape index (κ1) is 22.6. The summed E-state index contributed by atoms with van der Waals surface area (Å²) in [5.74, 6) is 0.866. The first-order chi connectivity index (χ1) is 16.0. The maximum absolute atomic E-state index is 13.2. The lowest BCUT2D eigenvalue weighted by atomic mass is 9.94. The Balaban J connectivity index is 1.74. The quantitative estimate of drug-likeness (QED) is 0.327. The third-order valence-electron chi connectivity index (χ3n) is 6.10. The van der Waals surface area contributed by atoms with Gasteiger partial charge in [-0.25, -0.2) is 0 Å². The number of fused-ring (bicyclic) bond motifs is 1. The van der Waals surface area contributed by atoms with Gasteiger partial charge in [0.2, 0.25) is 0 Å². The highest BCUT2D eigenvalue weighted by Gasteiger charge is 2.42. The standard InChI is InChI=1S/C27H31N3O3/c1-5-7-8-14-33-20-11-9-19(10-12-20)25-22-23(21-16-17(3)15-18(4)26(21)31)28-29-24(22)27(32)30(25)13-6-2/h6,9-12,15-16,25,31H,2,5,7-8,13-14H2,1,3-4H3,(H,28,29). The van der Waals surface area contributed by atoms with Crippen LogP contribution >= 0.6 is 0 Å². The van der Waals surface area contributed by atoms with Crippen LogP contribution in [0.25, 0.3) is 11.3 Å². The third-order valence-corrected chi connectivity index (χ3v) is 6.10. The highest BCUT2D eigenvalue weighted by molar-refractivity contribution is 6.00. The molecule has 0 aliphatic carbocycles. The number of aromatic hydroxyl groups is 1. The molecule has 1 aliphatic heterocycles. The molecular formula is C27H31N3O3. The molecule has 1 amide bonds. The van der Waals surface area contributed by atoms with E-state index in [1.165, 1.54) is 0 Å². The fourth-order valence-corrected chi connectivity index (χ4v) is 4.50. The molecule has 6 nitrogen and oxygen atoms in total. The lowest BCUT2D eigenvalue weighted by molar-refractivity contribution is 0.0764. The number of phenols is 1. The van der Waals surface area contributed by atoms with Gasteiger partial charge >= 0.3 is 0 Å². The summed E-state index contributed by atoms with van der Waals surface area (Å²) in [6.45, 7) is 10.9. The van der Waals surface area contributed by atoms with Crippen molar-refractivity contribution in [2.45, 2.75) is 46.1 Å². The zero-order chi connectivity index (χ0) is 23.5. The maximum atomic E-state index is 13.2. The number of nitrogens with zero attached hydrogens (tertiary/aromatic N) is 2. The van der Waals surface area contributed by atoms with Gasteiger partial charge < -0.3 is 14.7 Å². The molecule has 0 spiro atoms. The summed E-state index contributed by atoms with van der Waals surface area (Å²) in [6, 6.07) is 11.4. The number of unbranched alkanes of at least 4 members (excludes halogenated alkanes) is 2. The molecule has 172 valence electrons. The summed E-state index contributed by atoms with van der Waals surface area (Å²) in [4.78, 5) is 15.0. The number of nitrogens with one attached hydrogen (secondary N) is 1. The van der Waals surface area contributed by atoms with Crippen LogP contribution in [-0.4, -0.2) is 39.3 Å². The number of H-pyrrole nitrogens is 1. The fraction of sp³-hybridized carbons (Fsp3) is 0.333. The molecular weight excluding hydrogens is 414 g/mol. The monoisotopic (exact) mass is 445 g/mol. The number of aromatic amines is 1. The minimum absolute atomic E-state index is 0.127. The molecule has 0 fully saturated rings. The van der Waals surface area contributed by atoms with Gasteiger partial charge in [-0.05, 0) is 55.2 Å². The minimum atomic E-state index is -0.339. The molecule has 1 unspecified atom stereocenters. The molecule has 0 bridgehead atoms. The smallest absolute Gasteiger partial charge is 0.273 e. The van der Waals surface area contributed by atoms with Crippen LogP contribution in [0.2, 0.25) is 0 Å². The first-order valence-electron chi connectivity index (χ1n) is 11.5. The van der Waals surface area contributed by atoms with E-state index in [1.807, 2.05) is 50.2 Å². The minimum Gasteiger partial charge on any atom is -0.507 e. The van der Waals surface area contributed by atoms with Gasteiger partial charge in [-0.1, -0.05) is 44.0 Å². The van der Waals surface area contributed by atoms with Crippen LogP contribution in [0.3, 0.4) is 0 Å². The molecule has 6 heteroatoms. The maximum Gasteiger partial charge on any atom is 0.273 e. The van der Waals surface area contributed by atoms with E-state index in [0.717, 1.165) is 47.3 Å². The van der Waals surface area contributed by atoms with Crippen LogP contribution in [0.1, 0.15) is 65.0 Å². The number of amides is 1. The van der Waals surface area contributed by atoms with Gasteiger partial charge in [0.25, 0.3) is 5.91 Å². The zero-order valence-corrected chi connectivity index (χ0v) is 19.5. The van der Waals surface area contributed by atoms with Gasteiger partial charge in [0, 0.05) is 17.7 Å². The van der Waals surface area contributed by atoms with E-state index in [2.05, 4.69) is 23.7 Å². The van der Waals surface area contributed by atoms with Gasteiger partial charge in [0.05, 0.1) is 12.6 Å². The van der Waals surface area contributed by atoms with Gasteiger partial charge in [0.1, 0.15) is 22.9 Å². The number of hydrogen-bond donors (Lipinski definition) is 2. The van der Waals surface area contributed by atoms with Crippen molar-refractivity contribution in [3.8, 4) is 22.8 Å². The molecule has 1 aromatic heterocycles. The Kier molecular flexibility index (Phi) is 6.54. The Bertz CT molecular complexity index is 1160. The number of aromatic nitrogens is 2. The van der Waals surface area contributed by atoms with E-state index in [0.29, 0.717) is 30.1 Å². The highest BCUT2D eigenvalue weighted by Crippen LogP contribution is 2.45. The Morgan fingerprint density at radius 1 is 1.21 bits per heavy atom. The average Bonchev–Trinajstić information content (AvgIpc) is 3.34. The highest BCUT2D eigenvalue weighted by atomic mass is 16.5.